The Bertz CT molecular complexity index is 434. The minimum Gasteiger partial charge on any atom is -0.489 e. The van der Waals surface area contributed by atoms with Crippen molar-refractivity contribution in [1.29, 1.82) is 0 Å². The Morgan fingerprint density at radius 3 is 2.35 bits per heavy atom. The Labute approximate surface area is 139 Å². The van der Waals surface area contributed by atoms with Gasteiger partial charge in [0.25, 0.3) is 0 Å². The summed E-state index contributed by atoms with van der Waals surface area (Å²) in [5.74, 6) is 1.79. The minimum absolute atomic E-state index is 0. The molecule has 0 spiro atoms. The topological polar surface area (TPSA) is 28.1 Å². The van der Waals surface area contributed by atoms with E-state index >= 15 is 0 Å². The van der Waals surface area contributed by atoms with Crippen molar-refractivity contribution in [1.82, 2.24) is 9.80 Å². The van der Waals surface area contributed by atoms with Crippen molar-refractivity contribution >= 4 is 29.9 Å². The van der Waals surface area contributed by atoms with Gasteiger partial charge in [-0.3, -0.25) is 0 Å². The number of rotatable bonds is 5. The fraction of sp³-hybridized carbons (Fsp3) is 0.400. The first-order chi connectivity index (χ1) is 9.06. The molecule has 112 valence electrons. The predicted molar refractivity (Wildman–Crippen MR) is 96.1 cm³/mol. The highest BCUT2D eigenvalue weighted by Gasteiger charge is 2.06. The molecule has 0 aliphatic carbocycles. The van der Waals surface area contributed by atoms with Crippen LogP contribution in [-0.4, -0.2) is 50.6 Å². The molecule has 0 heterocycles. The van der Waals surface area contributed by atoms with E-state index in [0.717, 1.165) is 17.3 Å². The Balaban J connectivity index is 0.00000361. The van der Waals surface area contributed by atoms with Crippen molar-refractivity contribution in [2.24, 2.45) is 4.99 Å². The highest BCUT2D eigenvalue weighted by Crippen LogP contribution is 2.19. The van der Waals surface area contributed by atoms with E-state index < -0.39 is 0 Å². The van der Waals surface area contributed by atoms with E-state index in [1.165, 1.54) is 0 Å². The Morgan fingerprint density at radius 2 is 1.80 bits per heavy atom. The highest BCUT2D eigenvalue weighted by molar-refractivity contribution is 14.0. The molecule has 1 rings (SSSR count). The summed E-state index contributed by atoms with van der Waals surface area (Å²) in [6, 6.07) is 7.95. The quantitative estimate of drug-likeness (QED) is 0.336. The molecule has 0 aromatic heterocycles. The van der Waals surface area contributed by atoms with Crippen LogP contribution in [0, 0.1) is 0 Å². The van der Waals surface area contributed by atoms with Crippen LogP contribution in [0.3, 0.4) is 0 Å². The number of hydrogen-bond donors (Lipinski definition) is 0. The predicted octanol–water partition coefficient (Wildman–Crippen LogP) is 2.85. The van der Waals surface area contributed by atoms with E-state index in [0.29, 0.717) is 13.2 Å². The lowest BCUT2D eigenvalue weighted by Crippen LogP contribution is -2.35. The van der Waals surface area contributed by atoms with Crippen LogP contribution in [0.2, 0.25) is 0 Å². The van der Waals surface area contributed by atoms with Gasteiger partial charge in [-0.1, -0.05) is 30.9 Å². The van der Waals surface area contributed by atoms with Gasteiger partial charge in [-0.25, -0.2) is 4.99 Å². The van der Waals surface area contributed by atoms with Crippen LogP contribution < -0.4 is 4.74 Å². The van der Waals surface area contributed by atoms with Gasteiger partial charge in [0.15, 0.2) is 5.96 Å². The first kappa shape index (κ1) is 18.8. The lowest BCUT2D eigenvalue weighted by molar-refractivity contribution is 0.359. The van der Waals surface area contributed by atoms with Gasteiger partial charge in [0.1, 0.15) is 12.4 Å². The lowest BCUT2D eigenvalue weighted by atomic mass is 10.2. The molecule has 0 amide bonds. The zero-order valence-electron chi connectivity index (χ0n) is 12.7. The lowest BCUT2D eigenvalue weighted by Gasteiger charge is -2.22. The number of benzene rings is 1. The van der Waals surface area contributed by atoms with Gasteiger partial charge >= 0.3 is 0 Å². The second kappa shape index (κ2) is 9.63. The van der Waals surface area contributed by atoms with E-state index in [2.05, 4.69) is 11.6 Å². The molecule has 0 aliphatic heterocycles. The molecule has 0 N–H and O–H groups in total. The molecular formula is C15H24IN3O. The Hall–Kier alpha value is -1.24. The number of ether oxygens (including phenoxy) is 1. The van der Waals surface area contributed by atoms with E-state index in [4.69, 9.17) is 4.74 Å². The maximum absolute atomic E-state index is 5.63. The molecule has 4 nitrogen and oxygen atoms in total. The van der Waals surface area contributed by atoms with Crippen LogP contribution in [-0.2, 0) is 6.54 Å². The maximum Gasteiger partial charge on any atom is 0.195 e. The Kier molecular flexibility index (Phi) is 9.03. The summed E-state index contributed by atoms with van der Waals surface area (Å²) in [6.07, 6.45) is 1.74. The summed E-state index contributed by atoms with van der Waals surface area (Å²) in [5, 5.41) is 0. The fourth-order valence-electron chi connectivity index (χ4n) is 1.76. The van der Waals surface area contributed by atoms with Gasteiger partial charge < -0.3 is 14.5 Å². The van der Waals surface area contributed by atoms with Crippen LogP contribution in [0.15, 0.2) is 41.9 Å². The summed E-state index contributed by atoms with van der Waals surface area (Å²) < 4.78 is 5.63. The molecular weight excluding hydrogens is 365 g/mol. The van der Waals surface area contributed by atoms with Gasteiger partial charge in [0.05, 0.1) is 6.54 Å². The SMILES string of the molecule is C=CCOc1ccccc1CN=C(N(C)C)N(C)C.I. The van der Waals surface area contributed by atoms with E-state index in [1.807, 2.05) is 62.3 Å². The standard InChI is InChI=1S/C15H23N3O.HI/c1-6-11-19-14-10-8-7-9-13(14)12-16-15(17(2)3)18(4)5;/h6-10H,1,11-12H2,2-5H3;1H. The molecule has 0 atom stereocenters. The average molecular weight is 389 g/mol. The van der Waals surface area contributed by atoms with Gasteiger partial charge in [-0.2, -0.15) is 0 Å². The van der Waals surface area contributed by atoms with Crippen LogP contribution >= 0.6 is 24.0 Å². The summed E-state index contributed by atoms with van der Waals surface area (Å²) in [4.78, 5) is 8.61. The number of hydrogen-bond acceptors (Lipinski definition) is 2. The number of aliphatic imine (C=N–C) groups is 1. The number of halogens is 1. The number of nitrogens with zero attached hydrogens (tertiary/aromatic N) is 3. The van der Waals surface area contributed by atoms with Crippen molar-refractivity contribution in [3.8, 4) is 5.75 Å². The summed E-state index contributed by atoms with van der Waals surface area (Å²) >= 11 is 0. The molecule has 0 saturated carbocycles. The van der Waals surface area contributed by atoms with Gasteiger partial charge in [-0.15, -0.1) is 24.0 Å². The molecule has 1 aromatic rings. The normalized spacial score (nSPS) is 9.20. The highest BCUT2D eigenvalue weighted by atomic mass is 127. The third kappa shape index (κ3) is 5.81. The first-order valence-corrected chi connectivity index (χ1v) is 6.27. The molecule has 0 aliphatic rings. The van der Waals surface area contributed by atoms with Gasteiger partial charge in [0.2, 0.25) is 0 Å². The monoisotopic (exact) mass is 389 g/mol. The molecule has 5 heteroatoms. The molecule has 0 unspecified atom stereocenters. The average Bonchev–Trinajstić information content (AvgIpc) is 2.37. The number of para-hydroxylation sites is 1. The van der Waals surface area contributed by atoms with Crippen molar-refractivity contribution in [3.63, 3.8) is 0 Å². The summed E-state index contributed by atoms with van der Waals surface area (Å²) in [5.41, 5.74) is 1.07. The zero-order valence-corrected chi connectivity index (χ0v) is 15.0. The van der Waals surface area contributed by atoms with Crippen LogP contribution in [0.5, 0.6) is 5.75 Å². The second-order valence-corrected chi connectivity index (χ2v) is 4.61. The van der Waals surface area contributed by atoms with E-state index in [1.54, 1.807) is 6.08 Å². The van der Waals surface area contributed by atoms with Gasteiger partial charge in [-0.05, 0) is 6.07 Å². The van der Waals surface area contributed by atoms with Crippen LogP contribution in [0.1, 0.15) is 5.56 Å². The number of guanidine groups is 1. The third-order valence-corrected chi connectivity index (χ3v) is 2.52. The van der Waals surface area contributed by atoms with Crippen LogP contribution in [0.4, 0.5) is 0 Å². The van der Waals surface area contributed by atoms with Crippen molar-refractivity contribution in [3.05, 3.63) is 42.5 Å². The molecule has 0 radical (unpaired) electrons. The molecule has 0 fully saturated rings. The maximum atomic E-state index is 5.63. The van der Waals surface area contributed by atoms with Crippen molar-refractivity contribution in [2.45, 2.75) is 6.54 Å². The second-order valence-electron chi connectivity index (χ2n) is 4.61. The van der Waals surface area contributed by atoms with E-state index in [9.17, 15) is 0 Å². The zero-order chi connectivity index (χ0) is 14.3. The molecule has 20 heavy (non-hydrogen) atoms. The van der Waals surface area contributed by atoms with Crippen LogP contribution in [0.25, 0.3) is 0 Å². The van der Waals surface area contributed by atoms with Crippen molar-refractivity contribution in [2.75, 3.05) is 34.8 Å². The first-order valence-electron chi connectivity index (χ1n) is 6.27. The third-order valence-electron chi connectivity index (χ3n) is 2.52. The Morgan fingerprint density at radius 1 is 1.20 bits per heavy atom. The smallest absolute Gasteiger partial charge is 0.195 e. The molecule has 0 saturated heterocycles. The molecule has 1 aromatic carbocycles. The van der Waals surface area contributed by atoms with E-state index in [-0.39, 0.29) is 24.0 Å². The summed E-state index contributed by atoms with van der Waals surface area (Å²) in [7, 11) is 7.94. The molecule has 0 bridgehead atoms. The van der Waals surface area contributed by atoms with Gasteiger partial charge in [0, 0.05) is 33.8 Å². The minimum atomic E-state index is 0. The largest absolute Gasteiger partial charge is 0.489 e. The van der Waals surface area contributed by atoms with Crippen molar-refractivity contribution < 1.29 is 4.74 Å². The fourth-order valence-corrected chi connectivity index (χ4v) is 1.76. The summed E-state index contributed by atoms with van der Waals surface area (Å²) in [6.45, 7) is 4.77.